The van der Waals surface area contributed by atoms with E-state index in [-0.39, 0.29) is 11.9 Å². The number of hydrogen-bond donors (Lipinski definition) is 2. The van der Waals surface area contributed by atoms with Crippen LogP contribution in [0, 0.1) is 6.92 Å². The molecule has 4 amide bonds. The van der Waals surface area contributed by atoms with E-state index in [4.69, 9.17) is 11.6 Å². The minimum atomic E-state index is -0.746. The number of anilines is 1. The van der Waals surface area contributed by atoms with Crippen LogP contribution in [-0.2, 0) is 17.8 Å². The fraction of sp³-hybridized carbons (Fsp3) is 0.308. The fourth-order valence-electron chi connectivity index (χ4n) is 4.71. The Bertz CT molecular complexity index is 1290. The van der Waals surface area contributed by atoms with Gasteiger partial charge >= 0.3 is 12.1 Å². The summed E-state index contributed by atoms with van der Waals surface area (Å²) in [6.07, 6.45) is 2.09. The summed E-state index contributed by atoms with van der Waals surface area (Å²) in [4.78, 5) is 45.2. The number of fused-ring (bicyclic) bond motifs is 1. The summed E-state index contributed by atoms with van der Waals surface area (Å²) < 4.78 is 1.62. The molecular weight excluding hydrogens is 494 g/mol. The van der Waals surface area contributed by atoms with Gasteiger partial charge in [-0.1, -0.05) is 41.9 Å². The van der Waals surface area contributed by atoms with Crippen LogP contribution in [-0.4, -0.2) is 74.7 Å². The van der Waals surface area contributed by atoms with E-state index in [9.17, 15) is 14.4 Å². The van der Waals surface area contributed by atoms with Gasteiger partial charge in [0.2, 0.25) is 5.91 Å². The van der Waals surface area contributed by atoms with Gasteiger partial charge in [-0.25, -0.2) is 24.1 Å². The zero-order chi connectivity index (χ0) is 25.9. The van der Waals surface area contributed by atoms with E-state index < -0.39 is 12.1 Å². The van der Waals surface area contributed by atoms with Crippen molar-refractivity contribution in [3.8, 4) is 0 Å². The summed E-state index contributed by atoms with van der Waals surface area (Å²) in [5.74, 6) is 0.511. The number of aryl methyl sites for hydroxylation is 1. The van der Waals surface area contributed by atoms with Crippen LogP contribution in [0.2, 0.25) is 5.02 Å². The Morgan fingerprint density at radius 1 is 1.03 bits per heavy atom. The number of amides is 4. The van der Waals surface area contributed by atoms with Gasteiger partial charge in [0, 0.05) is 43.3 Å². The number of carbonyl (C=O) groups excluding carboxylic acids is 3. The molecule has 5 rings (SSSR count). The monoisotopic (exact) mass is 521 g/mol. The molecule has 37 heavy (non-hydrogen) atoms. The van der Waals surface area contributed by atoms with E-state index in [1.54, 1.807) is 44.9 Å². The number of urea groups is 1. The van der Waals surface area contributed by atoms with Crippen LogP contribution in [0.4, 0.5) is 15.3 Å². The lowest BCUT2D eigenvalue weighted by Crippen LogP contribution is -2.59. The van der Waals surface area contributed by atoms with Crippen LogP contribution < -0.4 is 10.6 Å². The Hall–Kier alpha value is -3.89. The molecule has 0 saturated carbocycles. The number of aromatic nitrogens is 2. The van der Waals surface area contributed by atoms with Crippen molar-refractivity contribution >= 4 is 35.3 Å². The number of nitrogens with one attached hydrogen (secondary N) is 2. The minimum absolute atomic E-state index is 0.118. The maximum atomic E-state index is 13.6. The predicted molar refractivity (Wildman–Crippen MR) is 139 cm³/mol. The fourth-order valence-corrected chi connectivity index (χ4v) is 4.83. The highest BCUT2D eigenvalue weighted by Crippen LogP contribution is 2.22. The van der Waals surface area contributed by atoms with E-state index in [2.05, 4.69) is 15.6 Å². The molecule has 0 spiro atoms. The van der Waals surface area contributed by atoms with E-state index >= 15 is 0 Å². The maximum absolute atomic E-state index is 13.6. The first-order valence-electron chi connectivity index (χ1n) is 12.1. The summed E-state index contributed by atoms with van der Waals surface area (Å²) >= 11 is 5.93. The van der Waals surface area contributed by atoms with Crippen molar-refractivity contribution in [1.82, 2.24) is 29.8 Å². The van der Waals surface area contributed by atoms with Gasteiger partial charge in [0.05, 0.1) is 18.4 Å². The normalized spacial score (nSPS) is 16.4. The van der Waals surface area contributed by atoms with Crippen molar-refractivity contribution in [2.75, 3.05) is 31.5 Å². The van der Waals surface area contributed by atoms with Gasteiger partial charge in [-0.2, -0.15) is 0 Å². The molecule has 1 atom stereocenters. The molecule has 2 aliphatic rings. The third kappa shape index (κ3) is 5.45. The van der Waals surface area contributed by atoms with Gasteiger partial charge in [-0.3, -0.25) is 9.80 Å². The number of hydrogen-bond acceptors (Lipinski definition) is 5. The molecule has 11 heteroatoms. The molecule has 0 bridgehead atoms. The van der Waals surface area contributed by atoms with Crippen LogP contribution in [0.1, 0.15) is 17.1 Å². The number of carbonyl (C=O) groups is 3. The lowest BCUT2D eigenvalue weighted by atomic mass is 10.0. The SMILES string of the molecule is Cc1ncc2n1C(=O)N(N1CCN(C(=O)C(Cc3ccccc3)NC(=O)Nc3ccc(Cl)cc3)CC1)C2. The lowest BCUT2D eigenvalue weighted by molar-refractivity contribution is -0.137. The van der Waals surface area contributed by atoms with E-state index in [1.165, 1.54) is 0 Å². The van der Waals surface area contributed by atoms with Crippen molar-refractivity contribution in [1.29, 1.82) is 0 Å². The van der Waals surface area contributed by atoms with Gasteiger partial charge in [-0.05, 0) is 36.8 Å². The third-order valence-corrected chi connectivity index (χ3v) is 6.88. The first-order chi connectivity index (χ1) is 17.9. The van der Waals surface area contributed by atoms with Crippen LogP contribution >= 0.6 is 11.6 Å². The molecule has 3 aromatic rings. The second kappa shape index (κ2) is 10.6. The molecule has 0 aliphatic carbocycles. The molecule has 1 aromatic heterocycles. The second-order valence-corrected chi connectivity index (χ2v) is 9.54. The Morgan fingerprint density at radius 2 is 1.73 bits per heavy atom. The smallest absolute Gasteiger partial charge is 0.338 e. The minimum Gasteiger partial charge on any atom is -0.338 e. The summed E-state index contributed by atoms with van der Waals surface area (Å²) in [6, 6.07) is 15.0. The number of rotatable bonds is 6. The van der Waals surface area contributed by atoms with Gasteiger partial charge in [0.25, 0.3) is 0 Å². The molecule has 1 unspecified atom stereocenters. The molecule has 2 aliphatic heterocycles. The molecule has 3 heterocycles. The van der Waals surface area contributed by atoms with Crippen molar-refractivity contribution in [3.05, 3.63) is 82.9 Å². The first-order valence-corrected chi connectivity index (χ1v) is 12.5. The number of imidazole rings is 1. The molecule has 192 valence electrons. The van der Waals surface area contributed by atoms with Crippen molar-refractivity contribution < 1.29 is 14.4 Å². The van der Waals surface area contributed by atoms with Crippen molar-refractivity contribution in [2.24, 2.45) is 0 Å². The van der Waals surface area contributed by atoms with Gasteiger partial charge < -0.3 is 15.5 Å². The zero-order valence-electron chi connectivity index (χ0n) is 20.4. The Morgan fingerprint density at radius 3 is 2.41 bits per heavy atom. The third-order valence-electron chi connectivity index (χ3n) is 6.63. The molecule has 2 N–H and O–H groups in total. The summed E-state index contributed by atoms with van der Waals surface area (Å²) in [6.45, 7) is 4.20. The summed E-state index contributed by atoms with van der Waals surface area (Å²) in [5.41, 5.74) is 2.38. The topological polar surface area (TPSA) is 103 Å². The van der Waals surface area contributed by atoms with Crippen LogP contribution in [0.25, 0.3) is 0 Å². The van der Waals surface area contributed by atoms with E-state index in [1.807, 2.05) is 42.3 Å². The van der Waals surface area contributed by atoms with Crippen LogP contribution in [0.5, 0.6) is 0 Å². The Labute approximate surface area is 219 Å². The highest BCUT2D eigenvalue weighted by atomic mass is 35.5. The summed E-state index contributed by atoms with van der Waals surface area (Å²) in [7, 11) is 0. The average Bonchev–Trinajstić information content (AvgIpc) is 3.44. The number of piperazine rings is 1. The number of hydrazine groups is 1. The lowest BCUT2D eigenvalue weighted by Gasteiger charge is -2.40. The zero-order valence-corrected chi connectivity index (χ0v) is 21.2. The number of nitrogens with zero attached hydrogens (tertiary/aromatic N) is 5. The van der Waals surface area contributed by atoms with Crippen LogP contribution in [0.15, 0.2) is 60.8 Å². The highest BCUT2D eigenvalue weighted by Gasteiger charge is 2.36. The predicted octanol–water partition coefficient (Wildman–Crippen LogP) is 3.12. The molecule has 2 aromatic carbocycles. The molecular formula is C26H28ClN7O3. The molecule has 10 nitrogen and oxygen atoms in total. The second-order valence-electron chi connectivity index (χ2n) is 9.10. The number of halogens is 1. The van der Waals surface area contributed by atoms with Crippen molar-refractivity contribution in [2.45, 2.75) is 25.9 Å². The standard InChI is InChI=1S/C26H28ClN7O3/c1-18-28-16-22-17-33(26(37)34(18)22)32-13-11-31(12-14-32)24(35)23(15-19-5-3-2-4-6-19)30-25(36)29-21-9-7-20(27)8-10-21/h2-10,16,23H,11-15,17H2,1H3,(H2,29,30,36). The molecule has 1 fully saturated rings. The van der Waals surface area contributed by atoms with Gasteiger partial charge in [-0.15, -0.1) is 0 Å². The van der Waals surface area contributed by atoms with Crippen LogP contribution in [0.3, 0.4) is 0 Å². The molecule has 0 radical (unpaired) electrons. The Balaban J connectivity index is 1.23. The first kappa shape index (κ1) is 24.8. The van der Waals surface area contributed by atoms with E-state index in [0.29, 0.717) is 55.7 Å². The quantitative estimate of drug-likeness (QED) is 0.519. The van der Waals surface area contributed by atoms with Gasteiger partial charge in [0.15, 0.2) is 0 Å². The number of benzene rings is 2. The van der Waals surface area contributed by atoms with E-state index in [0.717, 1.165) is 11.3 Å². The Kier molecular flexibility index (Phi) is 7.11. The highest BCUT2D eigenvalue weighted by molar-refractivity contribution is 6.30. The summed E-state index contributed by atoms with van der Waals surface area (Å²) in [5, 5.41) is 9.87. The molecule has 1 saturated heterocycles. The average molecular weight is 522 g/mol. The maximum Gasteiger partial charge on any atom is 0.344 e. The van der Waals surface area contributed by atoms with Gasteiger partial charge in [0.1, 0.15) is 11.9 Å². The van der Waals surface area contributed by atoms with Crippen molar-refractivity contribution in [3.63, 3.8) is 0 Å². The largest absolute Gasteiger partial charge is 0.344 e.